The molecule has 5 rings (SSSR count). The highest BCUT2D eigenvalue weighted by Gasteiger charge is 2.48. The van der Waals surface area contributed by atoms with Crippen LogP contribution in [-0.2, 0) is 9.47 Å². The summed E-state index contributed by atoms with van der Waals surface area (Å²) in [6.07, 6.45) is 4.00. The predicted molar refractivity (Wildman–Crippen MR) is 119 cm³/mol. The molecule has 2 fully saturated rings. The number of amides is 1. The maximum atomic E-state index is 13.2. The van der Waals surface area contributed by atoms with Gasteiger partial charge in [-0.25, -0.2) is 4.79 Å². The molecular weight excluding hydrogens is 390 g/mol. The molecule has 0 saturated carbocycles. The molecule has 1 amide bonds. The Labute approximate surface area is 183 Å². The van der Waals surface area contributed by atoms with Gasteiger partial charge in [-0.15, -0.1) is 6.58 Å². The first-order chi connectivity index (χ1) is 15.1. The number of allylic oxidation sites excluding steroid dienone is 1. The van der Waals surface area contributed by atoms with Crippen LogP contribution in [0.25, 0.3) is 11.1 Å². The Morgan fingerprint density at radius 3 is 2.26 bits per heavy atom. The van der Waals surface area contributed by atoms with Crippen molar-refractivity contribution in [2.75, 3.05) is 19.8 Å². The molecule has 2 aromatic rings. The Morgan fingerprint density at radius 1 is 1.10 bits per heavy atom. The van der Waals surface area contributed by atoms with Gasteiger partial charge in [0.1, 0.15) is 6.61 Å². The summed E-state index contributed by atoms with van der Waals surface area (Å²) in [5, 5.41) is 11.0. The van der Waals surface area contributed by atoms with Crippen molar-refractivity contribution in [3.63, 3.8) is 0 Å². The van der Waals surface area contributed by atoms with E-state index in [4.69, 9.17) is 9.47 Å². The summed E-state index contributed by atoms with van der Waals surface area (Å²) in [5.41, 5.74) is 4.08. The SMILES string of the molecule is C=CCCC1(O)CC2COCC(C1)N2C(=O)OCC1c2ccccc2-c2ccccc21. The lowest BCUT2D eigenvalue weighted by Gasteiger charge is -2.51. The summed E-state index contributed by atoms with van der Waals surface area (Å²) in [7, 11) is 0. The van der Waals surface area contributed by atoms with Crippen molar-refractivity contribution in [2.45, 2.75) is 49.3 Å². The summed E-state index contributed by atoms with van der Waals surface area (Å²) in [4.78, 5) is 15.0. The lowest BCUT2D eigenvalue weighted by Crippen LogP contribution is -2.63. The second kappa shape index (κ2) is 8.13. The van der Waals surface area contributed by atoms with Gasteiger partial charge in [-0.2, -0.15) is 0 Å². The van der Waals surface area contributed by atoms with Gasteiger partial charge in [-0.1, -0.05) is 54.6 Å². The molecule has 0 spiro atoms. The standard InChI is InChI=1S/C26H29NO4/c1-2-3-12-26(29)13-18-15-30-16-19(14-26)27(18)25(28)31-17-24-22-10-6-4-8-20(22)21-9-5-7-11-23(21)24/h2,4-11,18-19,24,29H,1,3,12-17H2. The van der Waals surface area contributed by atoms with E-state index >= 15 is 0 Å². The lowest BCUT2D eigenvalue weighted by atomic mass is 9.78. The van der Waals surface area contributed by atoms with Gasteiger partial charge in [0, 0.05) is 5.92 Å². The van der Waals surface area contributed by atoms with Crippen LogP contribution >= 0.6 is 0 Å². The van der Waals surface area contributed by atoms with Crippen molar-refractivity contribution < 1.29 is 19.4 Å². The van der Waals surface area contributed by atoms with Crippen molar-refractivity contribution in [3.8, 4) is 11.1 Å². The van der Waals surface area contributed by atoms with Crippen LogP contribution < -0.4 is 0 Å². The van der Waals surface area contributed by atoms with Crippen LogP contribution in [0, 0.1) is 0 Å². The van der Waals surface area contributed by atoms with Gasteiger partial charge in [0.2, 0.25) is 0 Å². The molecule has 31 heavy (non-hydrogen) atoms. The zero-order valence-corrected chi connectivity index (χ0v) is 17.7. The minimum Gasteiger partial charge on any atom is -0.448 e. The highest BCUT2D eigenvalue weighted by Crippen LogP contribution is 2.45. The molecule has 3 aliphatic rings. The molecule has 2 saturated heterocycles. The fourth-order valence-electron chi connectivity index (χ4n) is 5.62. The van der Waals surface area contributed by atoms with Gasteiger partial charge in [0.05, 0.1) is 30.9 Å². The number of ether oxygens (including phenoxy) is 2. The summed E-state index contributed by atoms with van der Waals surface area (Å²) >= 11 is 0. The molecule has 0 aromatic heterocycles. The van der Waals surface area contributed by atoms with E-state index in [2.05, 4.69) is 30.8 Å². The number of piperidine rings is 1. The highest BCUT2D eigenvalue weighted by atomic mass is 16.6. The van der Waals surface area contributed by atoms with E-state index in [9.17, 15) is 9.90 Å². The summed E-state index contributed by atoms with van der Waals surface area (Å²) in [5.74, 6) is 0.0433. The topological polar surface area (TPSA) is 59.0 Å². The fraction of sp³-hybridized carbons (Fsp3) is 0.423. The normalized spacial score (nSPS) is 26.8. The van der Waals surface area contributed by atoms with E-state index in [1.807, 2.05) is 35.2 Å². The molecule has 5 heteroatoms. The van der Waals surface area contributed by atoms with Crippen LogP contribution in [0.4, 0.5) is 4.79 Å². The van der Waals surface area contributed by atoms with Crippen LogP contribution in [0.3, 0.4) is 0 Å². The minimum atomic E-state index is -0.770. The minimum absolute atomic E-state index is 0.0433. The molecule has 1 N–H and O–H groups in total. The van der Waals surface area contributed by atoms with Gasteiger partial charge in [0.25, 0.3) is 0 Å². The largest absolute Gasteiger partial charge is 0.448 e. The smallest absolute Gasteiger partial charge is 0.410 e. The number of aliphatic hydroxyl groups is 1. The molecule has 1 aliphatic carbocycles. The van der Waals surface area contributed by atoms with Gasteiger partial charge < -0.3 is 14.6 Å². The van der Waals surface area contributed by atoms with Gasteiger partial charge in [-0.3, -0.25) is 4.90 Å². The van der Waals surface area contributed by atoms with E-state index in [1.54, 1.807) is 0 Å². The van der Waals surface area contributed by atoms with Crippen LogP contribution in [0.2, 0.25) is 0 Å². The fourth-order valence-corrected chi connectivity index (χ4v) is 5.62. The van der Waals surface area contributed by atoms with E-state index in [0.29, 0.717) is 39.1 Å². The number of nitrogens with zero attached hydrogens (tertiary/aromatic N) is 1. The Hall–Kier alpha value is -2.63. The molecule has 0 radical (unpaired) electrons. The number of hydrogen-bond donors (Lipinski definition) is 1. The average Bonchev–Trinajstić information content (AvgIpc) is 3.09. The Bertz CT molecular complexity index is 927. The van der Waals surface area contributed by atoms with Crippen molar-refractivity contribution in [3.05, 3.63) is 72.3 Å². The third-order valence-corrected chi connectivity index (χ3v) is 7.00. The molecule has 2 heterocycles. The Kier molecular flexibility index (Phi) is 5.32. The quantitative estimate of drug-likeness (QED) is 0.725. The number of fused-ring (bicyclic) bond motifs is 5. The maximum Gasteiger partial charge on any atom is 0.410 e. The van der Waals surface area contributed by atoms with Gasteiger partial charge in [0.15, 0.2) is 0 Å². The molecule has 2 atom stereocenters. The highest BCUT2D eigenvalue weighted by molar-refractivity contribution is 5.79. The van der Waals surface area contributed by atoms with E-state index in [0.717, 1.165) is 6.42 Å². The van der Waals surface area contributed by atoms with E-state index < -0.39 is 5.60 Å². The Morgan fingerprint density at radius 2 is 1.68 bits per heavy atom. The van der Waals surface area contributed by atoms with E-state index in [-0.39, 0.29) is 24.1 Å². The van der Waals surface area contributed by atoms with Crippen molar-refractivity contribution in [2.24, 2.45) is 0 Å². The Balaban J connectivity index is 1.31. The molecule has 2 aromatic carbocycles. The first-order valence-corrected chi connectivity index (χ1v) is 11.1. The van der Waals surface area contributed by atoms with Crippen molar-refractivity contribution in [1.29, 1.82) is 0 Å². The number of carbonyl (C=O) groups is 1. The molecule has 2 unspecified atom stereocenters. The molecule has 2 bridgehead atoms. The van der Waals surface area contributed by atoms with Crippen LogP contribution in [0.1, 0.15) is 42.7 Å². The third kappa shape index (κ3) is 3.66. The number of morpholine rings is 1. The van der Waals surface area contributed by atoms with Crippen molar-refractivity contribution in [1.82, 2.24) is 4.90 Å². The molecule has 2 aliphatic heterocycles. The summed E-state index contributed by atoms with van der Waals surface area (Å²) in [6, 6.07) is 16.4. The monoisotopic (exact) mass is 419 g/mol. The summed E-state index contributed by atoms with van der Waals surface area (Å²) < 4.78 is 11.6. The van der Waals surface area contributed by atoms with Gasteiger partial charge >= 0.3 is 6.09 Å². The van der Waals surface area contributed by atoms with Crippen LogP contribution in [0.15, 0.2) is 61.2 Å². The maximum absolute atomic E-state index is 13.2. The lowest BCUT2D eigenvalue weighted by molar-refractivity contribution is -0.134. The van der Waals surface area contributed by atoms with Crippen LogP contribution in [0.5, 0.6) is 0 Å². The average molecular weight is 420 g/mol. The third-order valence-electron chi connectivity index (χ3n) is 7.00. The summed E-state index contributed by atoms with van der Waals surface area (Å²) in [6.45, 7) is 4.96. The molecular formula is C26H29NO4. The number of hydrogen-bond acceptors (Lipinski definition) is 4. The number of benzene rings is 2. The molecule has 162 valence electrons. The number of rotatable bonds is 5. The zero-order valence-electron chi connectivity index (χ0n) is 17.7. The number of carbonyl (C=O) groups excluding carboxylic acids is 1. The first-order valence-electron chi connectivity index (χ1n) is 11.1. The van der Waals surface area contributed by atoms with Gasteiger partial charge in [-0.05, 0) is 47.9 Å². The molecule has 5 nitrogen and oxygen atoms in total. The van der Waals surface area contributed by atoms with E-state index in [1.165, 1.54) is 22.3 Å². The first kappa shape index (κ1) is 20.3. The van der Waals surface area contributed by atoms with Crippen LogP contribution in [-0.4, -0.2) is 53.6 Å². The zero-order chi connectivity index (χ0) is 21.4. The second-order valence-corrected chi connectivity index (χ2v) is 9.02. The van der Waals surface area contributed by atoms with Crippen molar-refractivity contribution >= 4 is 6.09 Å². The second-order valence-electron chi connectivity index (χ2n) is 9.02. The predicted octanol–water partition coefficient (Wildman–Crippen LogP) is 4.50.